The Hall–Kier alpha value is -1.16. The first-order valence-electron chi connectivity index (χ1n) is 6.24. The van der Waals surface area contributed by atoms with Gasteiger partial charge in [-0.2, -0.15) is 0 Å². The summed E-state index contributed by atoms with van der Waals surface area (Å²) in [6.07, 6.45) is 1.97. The summed E-state index contributed by atoms with van der Waals surface area (Å²) in [5, 5.41) is -0.826. The molecule has 1 unspecified atom stereocenters. The minimum atomic E-state index is -3.25. The topological polar surface area (TPSA) is 51.2 Å². The van der Waals surface area contributed by atoms with E-state index in [1.165, 1.54) is 0 Å². The number of carbonyl (C=O) groups is 1. The van der Waals surface area contributed by atoms with Crippen molar-refractivity contribution in [2.24, 2.45) is 0 Å². The van der Waals surface area contributed by atoms with Crippen molar-refractivity contribution in [2.75, 3.05) is 5.75 Å². The van der Waals surface area contributed by atoms with Gasteiger partial charge in [-0.25, -0.2) is 8.42 Å². The Morgan fingerprint density at radius 1 is 1.11 bits per heavy atom. The minimum Gasteiger partial charge on any atom is -0.293 e. The number of hydrogen-bond donors (Lipinski definition) is 0. The summed E-state index contributed by atoms with van der Waals surface area (Å²) in [5.74, 6) is -0.0877. The fourth-order valence-corrected chi connectivity index (χ4v) is 4.43. The molecule has 1 atom stereocenters. The van der Waals surface area contributed by atoms with E-state index in [9.17, 15) is 13.2 Å². The highest BCUT2D eigenvalue weighted by Crippen LogP contribution is 2.24. The van der Waals surface area contributed by atoms with Gasteiger partial charge in [0.05, 0.1) is 5.75 Å². The molecule has 0 N–H and O–H groups in total. The smallest absolute Gasteiger partial charge is 0.180 e. The molecule has 0 radical (unpaired) electrons. The Morgan fingerprint density at radius 2 is 1.72 bits per heavy atom. The molecule has 3 nitrogen and oxygen atoms in total. The maximum absolute atomic E-state index is 12.3. The summed E-state index contributed by atoms with van der Waals surface area (Å²) in [5.41, 5.74) is 2.51. The van der Waals surface area contributed by atoms with Gasteiger partial charge in [0.15, 0.2) is 15.6 Å². The summed E-state index contributed by atoms with van der Waals surface area (Å²) in [7, 11) is -3.25. The third kappa shape index (κ3) is 2.64. The van der Waals surface area contributed by atoms with E-state index in [1.54, 1.807) is 12.1 Å². The van der Waals surface area contributed by atoms with Crippen molar-refractivity contribution in [2.45, 2.75) is 38.4 Å². The van der Waals surface area contributed by atoms with Gasteiger partial charge in [-0.3, -0.25) is 4.79 Å². The second kappa shape index (κ2) is 4.84. The molecular formula is C14H18O3S. The molecule has 2 rings (SSSR count). The van der Waals surface area contributed by atoms with Crippen molar-refractivity contribution in [3.8, 4) is 0 Å². The third-order valence-corrected chi connectivity index (χ3v) is 5.55. The first-order chi connectivity index (χ1) is 8.40. The monoisotopic (exact) mass is 266 g/mol. The Bertz CT molecular complexity index is 552. The van der Waals surface area contributed by atoms with Gasteiger partial charge in [0.1, 0.15) is 5.25 Å². The number of ketones is 1. The lowest BCUT2D eigenvalue weighted by molar-refractivity contribution is 0.0981. The first-order valence-corrected chi connectivity index (χ1v) is 7.96. The van der Waals surface area contributed by atoms with Crippen LogP contribution in [0.5, 0.6) is 0 Å². The van der Waals surface area contributed by atoms with Crippen LogP contribution in [-0.2, 0) is 9.84 Å². The van der Waals surface area contributed by atoms with Gasteiger partial charge >= 0.3 is 0 Å². The SMILES string of the molecule is Cc1cc(C)cc(C(=O)C2CCCCS2(=O)=O)c1. The third-order valence-electron chi connectivity index (χ3n) is 3.38. The van der Waals surface area contributed by atoms with E-state index in [1.807, 2.05) is 19.9 Å². The Morgan fingerprint density at radius 3 is 2.28 bits per heavy atom. The zero-order valence-electron chi connectivity index (χ0n) is 10.8. The molecule has 1 aromatic carbocycles. The number of aryl methyl sites for hydroxylation is 2. The Labute approximate surface area is 108 Å². The lowest BCUT2D eigenvalue weighted by Crippen LogP contribution is -2.35. The highest BCUT2D eigenvalue weighted by molar-refractivity contribution is 7.92. The average molecular weight is 266 g/mol. The summed E-state index contributed by atoms with van der Waals surface area (Å²) < 4.78 is 23.9. The highest BCUT2D eigenvalue weighted by atomic mass is 32.2. The van der Waals surface area contributed by atoms with Crippen LogP contribution >= 0.6 is 0 Å². The minimum absolute atomic E-state index is 0.147. The van der Waals surface area contributed by atoms with Crippen molar-refractivity contribution < 1.29 is 13.2 Å². The normalized spacial score (nSPS) is 22.7. The van der Waals surface area contributed by atoms with Crippen LogP contribution in [0.3, 0.4) is 0 Å². The molecule has 0 bridgehead atoms. The number of rotatable bonds is 2. The van der Waals surface area contributed by atoms with Crippen molar-refractivity contribution in [1.82, 2.24) is 0 Å². The number of hydrogen-bond acceptors (Lipinski definition) is 3. The fourth-order valence-electron chi connectivity index (χ4n) is 2.55. The number of carbonyl (C=O) groups excluding carboxylic acids is 1. The number of Topliss-reactive ketones (excluding diaryl/α,β-unsaturated/α-hetero) is 1. The second-order valence-corrected chi connectivity index (χ2v) is 7.40. The molecule has 0 aromatic heterocycles. The van der Waals surface area contributed by atoms with Crippen LogP contribution in [0.25, 0.3) is 0 Å². The molecule has 1 saturated heterocycles. The zero-order chi connectivity index (χ0) is 13.3. The van der Waals surface area contributed by atoms with E-state index < -0.39 is 15.1 Å². The number of benzene rings is 1. The predicted octanol–water partition coefficient (Wildman–Crippen LogP) is 2.45. The van der Waals surface area contributed by atoms with Crippen LogP contribution in [0.15, 0.2) is 18.2 Å². The van der Waals surface area contributed by atoms with Crippen LogP contribution in [0.1, 0.15) is 40.7 Å². The first kappa shape index (κ1) is 13.3. The second-order valence-electron chi connectivity index (χ2n) is 5.09. The molecule has 0 amide bonds. The van der Waals surface area contributed by atoms with E-state index >= 15 is 0 Å². The lowest BCUT2D eigenvalue weighted by atomic mass is 10.00. The van der Waals surface area contributed by atoms with Gasteiger partial charge in [-0.1, -0.05) is 23.6 Å². The van der Waals surface area contributed by atoms with Crippen LogP contribution < -0.4 is 0 Å². The molecule has 1 heterocycles. The highest BCUT2D eigenvalue weighted by Gasteiger charge is 2.35. The molecule has 98 valence electrons. The Balaban J connectivity index is 2.36. The maximum atomic E-state index is 12.3. The van der Waals surface area contributed by atoms with E-state index in [0.717, 1.165) is 17.5 Å². The summed E-state index contributed by atoms with van der Waals surface area (Å²) in [6, 6.07) is 5.53. The van der Waals surface area contributed by atoms with Gasteiger partial charge in [0.2, 0.25) is 0 Å². The molecule has 1 aliphatic heterocycles. The molecule has 1 aliphatic rings. The van der Waals surface area contributed by atoms with Crippen molar-refractivity contribution >= 4 is 15.6 Å². The van der Waals surface area contributed by atoms with Gasteiger partial charge in [0, 0.05) is 5.56 Å². The van der Waals surface area contributed by atoms with Gasteiger partial charge < -0.3 is 0 Å². The van der Waals surface area contributed by atoms with Crippen LogP contribution in [0.4, 0.5) is 0 Å². The van der Waals surface area contributed by atoms with E-state index in [2.05, 4.69) is 0 Å². The molecule has 0 saturated carbocycles. The van der Waals surface area contributed by atoms with E-state index in [-0.39, 0.29) is 11.5 Å². The summed E-state index contributed by atoms with van der Waals surface area (Å²) >= 11 is 0. The standard InChI is InChI=1S/C14H18O3S/c1-10-7-11(2)9-12(8-10)14(15)13-5-3-4-6-18(13,16)17/h7-9,13H,3-6H2,1-2H3. The van der Waals surface area contributed by atoms with E-state index in [4.69, 9.17) is 0 Å². The fraction of sp³-hybridized carbons (Fsp3) is 0.500. The predicted molar refractivity (Wildman–Crippen MR) is 71.7 cm³/mol. The van der Waals surface area contributed by atoms with Crippen molar-refractivity contribution in [3.05, 3.63) is 34.9 Å². The molecule has 0 aliphatic carbocycles. The molecule has 1 fully saturated rings. The largest absolute Gasteiger partial charge is 0.293 e. The summed E-state index contributed by atoms with van der Waals surface area (Å²) in [4.78, 5) is 12.3. The van der Waals surface area contributed by atoms with Crippen LogP contribution in [0.2, 0.25) is 0 Å². The van der Waals surface area contributed by atoms with Crippen molar-refractivity contribution in [1.29, 1.82) is 0 Å². The molecule has 0 spiro atoms. The van der Waals surface area contributed by atoms with Crippen LogP contribution in [-0.4, -0.2) is 25.2 Å². The van der Waals surface area contributed by atoms with E-state index in [0.29, 0.717) is 18.4 Å². The van der Waals surface area contributed by atoms with Crippen molar-refractivity contribution in [3.63, 3.8) is 0 Å². The average Bonchev–Trinajstić information content (AvgIpc) is 2.26. The summed E-state index contributed by atoms with van der Waals surface area (Å²) in [6.45, 7) is 3.83. The number of sulfone groups is 1. The molecular weight excluding hydrogens is 248 g/mol. The molecule has 18 heavy (non-hydrogen) atoms. The lowest BCUT2D eigenvalue weighted by Gasteiger charge is -2.21. The molecule has 1 aromatic rings. The van der Waals surface area contributed by atoms with Gasteiger partial charge in [-0.15, -0.1) is 0 Å². The van der Waals surface area contributed by atoms with Gasteiger partial charge in [-0.05, 0) is 38.8 Å². The zero-order valence-corrected chi connectivity index (χ0v) is 11.6. The van der Waals surface area contributed by atoms with Gasteiger partial charge in [0.25, 0.3) is 0 Å². The Kier molecular flexibility index (Phi) is 3.57. The quantitative estimate of drug-likeness (QED) is 0.773. The van der Waals surface area contributed by atoms with Crippen LogP contribution in [0, 0.1) is 13.8 Å². The molecule has 4 heteroatoms. The maximum Gasteiger partial charge on any atom is 0.180 e.